The van der Waals surface area contributed by atoms with Gasteiger partial charge in [-0.15, -0.1) is 0 Å². The van der Waals surface area contributed by atoms with E-state index in [0.29, 0.717) is 12.2 Å². The molecule has 2 atom stereocenters. The molecule has 1 aliphatic heterocycles. The number of carbonyl (C=O) groups excluding carboxylic acids is 2. The Kier molecular flexibility index (Phi) is 6.58. The Morgan fingerprint density at radius 3 is 2.68 bits per heavy atom. The monoisotopic (exact) mass is 423 g/mol. The third-order valence-corrected chi connectivity index (χ3v) is 6.16. The van der Waals surface area contributed by atoms with Gasteiger partial charge in [-0.2, -0.15) is 0 Å². The maximum absolute atomic E-state index is 12.1. The smallest absolute Gasteiger partial charge is 0.338 e. The zero-order valence-electron chi connectivity index (χ0n) is 19.3. The fraction of sp³-hybridized carbons (Fsp3) is 0.440. The predicted molar refractivity (Wildman–Crippen MR) is 125 cm³/mol. The average Bonchev–Trinajstić information content (AvgIpc) is 2.76. The fourth-order valence-corrected chi connectivity index (χ4v) is 4.23. The Labute approximate surface area is 185 Å². The molecule has 0 bridgehead atoms. The quantitative estimate of drug-likeness (QED) is 0.683. The van der Waals surface area contributed by atoms with Crippen LogP contribution in [0.4, 0.5) is 11.4 Å². The lowest BCUT2D eigenvalue weighted by Gasteiger charge is -2.41. The molecule has 0 aliphatic carbocycles. The zero-order chi connectivity index (χ0) is 22.8. The Hall–Kier alpha value is -3.02. The minimum atomic E-state index is -0.286. The number of fused-ring (bicyclic) bond motifs is 1. The first-order chi connectivity index (χ1) is 14.7. The summed E-state index contributed by atoms with van der Waals surface area (Å²) in [5, 5.41) is 6.39. The number of carbonyl (C=O) groups is 2. The van der Waals surface area contributed by atoms with Crippen LogP contribution in [0, 0.1) is 5.41 Å². The highest BCUT2D eigenvalue weighted by molar-refractivity contribution is 5.90. The van der Waals surface area contributed by atoms with Crippen LogP contribution in [0.15, 0.2) is 42.5 Å². The van der Waals surface area contributed by atoms with Crippen molar-refractivity contribution < 1.29 is 14.3 Å². The van der Waals surface area contributed by atoms with Crippen LogP contribution in [0.1, 0.15) is 55.2 Å². The molecule has 2 N–H and O–H groups in total. The normalized spacial score (nSPS) is 17.7. The summed E-state index contributed by atoms with van der Waals surface area (Å²) in [5.41, 5.74) is 4.82. The number of nitrogens with zero attached hydrogens (tertiary/aromatic N) is 1. The van der Waals surface area contributed by atoms with Crippen LogP contribution in [0.5, 0.6) is 0 Å². The molecule has 1 aliphatic rings. The topological polar surface area (TPSA) is 70.7 Å². The second-order valence-corrected chi connectivity index (χ2v) is 8.83. The van der Waals surface area contributed by atoms with Crippen molar-refractivity contribution in [1.29, 1.82) is 0 Å². The molecule has 6 heteroatoms. The van der Waals surface area contributed by atoms with Crippen molar-refractivity contribution in [3.8, 4) is 0 Å². The van der Waals surface area contributed by atoms with Gasteiger partial charge in [0.2, 0.25) is 5.91 Å². The molecule has 2 unspecified atom stereocenters. The van der Waals surface area contributed by atoms with Gasteiger partial charge in [0.25, 0.3) is 0 Å². The van der Waals surface area contributed by atoms with Gasteiger partial charge in [-0.1, -0.05) is 26.0 Å². The number of ether oxygens (including phenoxy) is 1. The van der Waals surface area contributed by atoms with Crippen molar-refractivity contribution in [2.75, 3.05) is 30.9 Å². The molecule has 0 aromatic heterocycles. The third-order valence-electron chi connectivity index (χ3n) is 6.16. The second kappa shape index (κ2) is 9.00. The van der Waals surface area contributed by atoms with Gasteiger partial charge in [0, 0.05) is 25.5 Å². The molecular weight excluding hydrogens is 390 g/mol. The first-order valence-electron chi connectivity index (χ1n) is 10.8. The summed E-state index contributed by atoms with van der Waals surface area (Å²) in [6.45, 7) is 8.53. The van der Waals surface area contributed by atoms with E-state index in [9.17, 15) is 9.59 Å². The molecule has 2 aromatic carbocycles. The van der Waals surface area contributed by atoms with Crippen molar-refractivity contribution in [2.45, 2.75) is 46.2 Å². The summed E-state index contributed by atoms with van der Waals surface area (Å²) in [6.07, 6.45) is 0.835. The summed E-state index contributed by atoms with van der Waals surface area (Å²) in [4.78, 5) is 26.2. The lowest BCUT2D eigenvalue weighted by Crippen LogP contribution is -2.42. The lowest BCUT2D eigenvalue weighted by atomic mass is 9.72. The fourth-order valence-electron chi connectivity index (χ4n) is 4.23. The maximum Gasteiger partial charge on any atom is 0.338 e. The predicted octanol–water partition coefficient (Wildman–Crippen LogP) is 4.17. The van der Waals surface area contributed by atoms with Crippen LogP contribution in [0.2, 0.25) is 0 Å². The number of hydrogen-bond donors (Lipinski definition) is 2. The Morgan fingerprint density at radius 2 is 2.00 bits per heavy atom. The van der Waals surface area contributed by atoms with E-state index in [1.54, 1.807) is 7.05 Å². The second-order valence-electron chi connectivity index (χ2n) is 8.83. The molecule has 31 heavy (non-hydrogen) atoms. The lowest BCUT2D eigenvalue weighted by molar-refractivity contribution is -0.121. The minimum absolute atomic E-state index is 0.0182. The number of benzene rings is 2. The third kappa shape index (κ3) is 4.68. The number of amides is 1. The van der Waals surface area contributed by atoms with E-state index in [1.165, 1.54) is 5.56 Å². The summed E-state index contributed by atoms with van der Waals surface area (Å²) < 4.78 is 5.15. The highest BCUT2D eigenvalue weighted by Gasteiger charge is 2.36. The van der Waals surface area contributed by atoms with Gasteiger partial charge in [0.15, 0.2) is 0 Å². The number of nitrogens with one attached hydrogen (secondary N) is 2. The van der Waals surface area contributed by atoms with Crippen molar-refractivity contribution in [3.05, 3.63) is 59.2 Å². The van der Waals surface area contributed by atoms with Crippen LogP contribution >= 0.6 is 0 Å². The number of likely N-dealkylation sites (N-methyl/N-ethyl adjacent to an activating group) is 2. The van der Waals surface area contributed by atoms with Crippen molar-refractivity contribution in [3.63, 3.8) is 0 Å². The minimum Gasteiger partial charge on any atom is -0.462 e. The molecular formula is C25H33N3O3. The zero-order valence-corrected chi connectivity index (χ0v) is 19.3. The van der Waals surface area contributed by atoms with Gasteiger partial charge in [-0.05, 0) is 67.1 Å². The molecule has 0 saturated carbocycles. The molecule has 166 valence electrons. The van der Waals surface area contributed by atoms with Crippen LogP contribution in [0.3, 0.4) is 0 Å². The number of rotatable bonds is 6. The van der Waals surface area contributed by atoms with Crippen LogP contribution in [-0.4, -0.2) is 38.6 Å². The molecule has 0 fully saturated rings. The highest BCUT2D eigenvalue weighted by Crippen LogP contribution is 2.45. The van der Waals surface area contributed by atoms with E-state index in [1.807, 2.05) is 56.1 Å². The molecule has 6 nitrogen and oxygen atoms in total. The van der Waals surface area contributed by atoms with Crippen molar-refractivity contribution in [1.82, 2.24) is 5.32 Å². The molecule has 1 amide bonds. The molecule has 0 spiro atoms. The van der Waals surface area contributed by atoms with Crippen molar-refractivity contribution in [2.24, 2.45) is 5.41 Å². The maximum atomic E-state index is 12.1. The number of hydrogen-bond acceptors (Lipinski definition) is 5. The molecule has 1 heterocycles. The average molecular weight is 424 g/mol. The van der Waals surface area contributed by atoms with Gasteiger partial charge in [-0.3, -0.25) is 4.79 Å². The SMILES string of the molecule is CCOC(=O)c1ccc2c(c1)CC(C)(C)C(c1cccc(N(C)C(C)C(=O)NC)c1)N2. The summed E-state index contributed by atoms with van der Waals surface area (Å²) in [7, 11) is 3.59. The van der Waals surface area contributed by atoms with Gasteiger partial charge in [0.1, 0.15) is 6.04 Å². The summed E-state index contributed by atoms with van der Waals surface area (Å²) in [6, 6.07) is 13.9. The van der Waals surface area contributed by atoms with E-state index < -0.39 is 0 Å². The molecule has 2 aromatic rings. The number of esters is 1. The standard InChI is InChI=1S/C25H33N3O3/c1-7-31-24(30)18-11-12-21-19(13-18)15-25(3,4)22(27-21)17-9-8-10-20(14-17)28(6)16(2)23(29)26-5/h8-14,16,22,27H,7,15H2,1-6H3,(H,26,29). The summed E-state index contributed by atoms with van der Waals surface area (Å²) >= 11 is 0. The Balaban J connectivity index is 1.89. The Morgan fingerprint density at radius 1 is 1.26 bits per heavy atom. The largest absolute Gasteiger partial charge is 0.462 e. The van der Waals surface area contributed by atoms with E-state index in [4.69, 9.17) is 4.74 Å². The number of anilines is 2. The van der Waals surface area contributed by atoms with Crippen LogP contribution in [-0.2, 0) is 16.0 Å². The Bertz CT molecular complexity index is 970. The molecule has 3 rings (SSSR count). The first-order valence-corrected chi connectivity index (χ1v) is 10.8. The molecule has 0 radical (unpaired) electrons. The van der Waals surface area contributed by atoms with Crippen molar-refractivity contribution >= 4 is 23.3 Å². The molecule has 0 saturated heterocycles. The van der Waals surface area contributed by atoms with Crippen LogP contribution in [0.25, 0.3) is 0 Å². The van der Waals surface area contributed by atoms with Crippen LogP contribution < -0.4 is 15.5 Å². The van der Waals surface area contributed by atoms with E-state index in [-0.39, 0.29) is 29.4 Å². The van der Waals surface area contributed by atoms with Gasteiger partial charge in [0.05, 0.1) is 18.2 Å². The first kappa shape index (κ1) is 22.7. The highest BCUT2D eigenvalue weighted by atomic mass is 16.5. The summed E-state index contributed by atoms with van der Waals surface area (Å²) in [5.74, 6) is -0.304. The van der Waals surface area contributed by atoms with Gasteiger partial charge in [-0.25, -0.2) is 4.79 Å². The van der Waals surface area contributed by atoms with Gasteiger partial charge >= 0.3 is 5.97 Å². The van der Waals surface area contributed by atoms with E-state index in [2.05, 4.69) is 36.6 Å². The van der Waals surface area contributed by atoms with E-state index >= 15 is 0 Å². The van der Waals surface area contributed by atoms with Gasteiger partial charge < -0.3 is 20.3 Å². The van der Waals surface area contributed by atoms with E-state index in [0.717, 1.165) is 23.4 Å².